The number of carbonyl (C=O) groups excluding carboxylic acids is 1. The fraction of sp³-hybridized carbons (Fsp3) is 0.588. The van der Waals surface area contributed by atoms with E-state index in [1.165, 1.54) is 0 Å². The predicted molar refractivity (Wildman–Crippen MR) is 81.3 cm³/mol. The second-order valence-electron chi connectivity index (χ2n) is 5.12. The first kappa shape index (κ1) is 15.8. The van der Waals surface area contributed by atoms with E-state index in [4.69, 9.17) is 14.2 Å². The fourth-order valence-corrected chi connectivity index (χ4v) is 2.53. The second kappa shape index (κ2) is 8.03. The molecule has 1 aliphatic heterocycles. The van der Waals surface area contributed by atoms with Gasteiger partial charge in [0.15, 0.2) is 17.3 Å². The lowest BCUT2D eigenvalue weighted by Crippen LogP contribution is -2.09. The Morgan fingerprint density at radius 3 is 2.67 bits per heavy atom. The number of hydrogen-bond donors (Lipinski definition) is 0. The van der Waals surface area contributed by atoms with Crippen LogP contribution in [0.4, 0.5) is 0 Å². The smallest absolute Gasteiger partial charge is 0.163 e. The predicted octanol–water partition coefficient (Wildman–Crippen LogP) is 3.63. The zero-order valence-corrected chi connectivity index (χ0v) is 12.9. The van der Waals surface area contributed by atoms with Crippen LogP contribution in [0.15, 0.2) is 18.2 Å². The number of benzene rings is 1. The highest BCUT2D eigenvalue weighted by atomic mass is 16.5. The number of carbonyl (C=O) groups is 1. The summed E-state index contributed by atoms with van der Waals surface area (Å²) < 4.78 is 16.6. The first-order valence-corrected chi connectivity index (χ1v) is 7.79. The molecule has 0 saturated carbocycles. The number of ether oxygens (including phenoxy) is 3. The van der Waals surface area contributed by atoms with Crippen LogP contribution in [0, 0.1) is 0 Å². The Balaban J connectivity index is 2.00. The van der Waals surface area contributed by atoms with Crippen LogP contribution in [0.25, 0.3) is 0 Å². The van der Waals surface area contributed by atoms with E-state index in [-0.39, 0.29) is 11.9 Å². The molecular weight excluding hydrogens is 268 g/mol. The van der Waals surface area contributed by atoms with Gasteiger partial charge in [-0.2, -0.15) is 0 Å². The molecule has 1 heterocycles. The van der Waals surface area contributed by atoms with Gasteiger partial charge in [-0.3, -0.25) is 4.79 Å². The summed E-state index contributed by atoms with van der Waals surface area (Å²) in [4.78, 5) is 12.3. The van der Waals surface area contributed by atoms with Gasteiger partial charge >= 0.3 is 0 Å². The molecular formula is C17H24O4. The van der Waals surface area contributed by atoms with Gasteiger partial charge in [0.1, 0.15) is 0 Å². The van der Waals surface area contributed by atoms with Gasteiger partial charge in [0.2, 0.25) is 0 Å². The molecule has 21 heavy (non-hydrogen) atoms. The minimum absolute atomic E-state index is 0.134. The molecule has 1 atom stereocenters. The van der Waals surface area contributed by atoms with Crippen molar-refractivity contribution in [3.05, 3.63) is 23.8 Å². The van der Waals surface area contributed by atoms with Crippen molar-refractivity contribution >= 4 is 5.78 Å². The summed E-state index contributed by atoms with van der Waals surface area (Å²) in [6, 6.07) is 5.41. The van der Waals surface area contributed by atoms with Gasteiger partial charge in [0, 0.05) is 18.6 Å². The standard InChI is InChI=1S/C17H24O4/c1-3-19-16-10-7-13(12-17(16)20-4-2)15(18)9-8-14-6-5-11-21-14/h7,10,12,14H,3-6,8-9,11H2,1-2H3. The molecule has 0 radical (unpaired) electrons. The van der Waals surface area contributed by atoms with Crippen molar-refractivity contribution in [2.45, 2.75) is 45.6 Å². The molecule has 1 saturated heterocycles. The number of rotatable bonds is 8. The molecule has 2 rings (SSSR count). The molecule has 0 bridgehead atoms. The van der Waals surface area contributed by atoms with E-state index in [1.54, 1.807) is 6.07 Å². The van der Waals surface area contributed by atoms with Crippen molar-refractivity contribution in [3.63, 3.8) is 0 Å². The maximum absolute atomic E-state index is 12.3. The molecule has 116 valence electrons. The van der Waals surface area contributed by atoms with Crippen LogP contribution in [-0.2, 0) is 4.74 Å². The van der Waals surface area contributed by atoms with Crippen LogP contribution in [-0.4, -0.2) is 31.7 Å². The lowest BCUT2D eigenvalue weighted by atomic mass is 10.0. The molecule has 1 unspecified atom stereocenters. The van der Waals surface area contributed by atoms with E-state index in [9.17, 15) is 4.79 Å². The van der Waals surface area contributed by atoms with Crippen LogP contribution in [0.1, 0.15) is 49.9 Å². The Morgan fingerprint density at radius 1 is 1.24 bits per heavy atom. The Labute approximate surface area is 126 Å². The summed E-state index contributed by atoms with van der Waals surface area (Å²) in [5, 5.41) is 0. The highest BCUT2D eigenvalue weighted by molar-refractivity contribution is 5.96. The average Bonchev–Trinajstić information content (AvgIpc) is 3.00. The van der Waals surface area contributed by atoms with E-state index >= 15 is 0 Å². The van der Waals surface area contributed by atoms with E-state index in [2.05, 4.69) is 0 Å². The van der Waals surface area contributed by atoms with Crippen LogP contribution < -0.4 is 9.47 Å². The normalized spacial score (nSPS) is 17.7. The first-order valence-electron chi connectivity index (χ1n) is 7.79. The largest absolute Gasteiger partial charge is 0.490 e. The Kier molecular flexibility index (Phi) is 6.05. The SMILES string of the molecule is CCOc1ccc(C(=O)CCC2CCCO2)cc1OCC. The van der Waals surface area contributed by atoms with Gasteiger partial charge in [-0.1, -0.05) is 0 Å². The zero-order valence-electron chi connectivity index (χ0n) is 12.9. The maximum atomic E-state index is 12.3. The summed E-state index contributed by atoms with van der Waals surface area (Å²) in [6.07, 6.45) is 3.75. The maximum Gasteiger partial charge on any atom is 0.163 e. The lowest BCUT2D eigenvalue weighted by molar-refractivity contribution is 0.0859. The van der Waals surface area contributed by atoms with Gasteiger partial charge in [-0.05, 0) is 51.3 Å². The summed E-state index contributed by atoms with van der Waals surface area (Å²) in [5.41, 5.74) is 0.680. The zero-order chi connectivity index (χ0) is 15.1. The number of ketones is 1. The second-order valence-corrected chi connectivity index (χ2v) is 5.12. The van der Waals surface area contributed by atoms with Crippen LogP contribution >= 0.6 is 0 Å². The molecule has 1 aromatic carbocycles. The van der Waals surface area contributed by atoms with E-state index < -0.39 is 0 Å². The molecule has 1 fully saturated rings. The lowest BCUT2D eigenvalue weighted by Gasteiger charge is -2.12. The molecule has 0 N–H and O–H groups in total. The number of hydrogen-bond acceptors (Lipinski definition) is 4. The monoisotopic (exact) mass is 292 g/mol. The molecule has 4 heteroatoms. The van der Waals surface area contributed by atoms with E-state index in [0.717, 1.165) is 25.9 Å². The molecule has 4 nitrogen and oxygen atoms in total. The third kappa shape index (κ3) is 4.46. The van der Waals surface area contributed by atoms with Crippen LogP contribution in [0.3, 0.4) is 0 Å². The van der Waals surface area contributed by atoms with Crippen molar-refractivity contribution in [3.8, 4) is 11.5 Å². The molecule has 1 aliphatic rings. The Bertz CT molecular complexity index is 464. The fourth-order valence-electron chi connectivity index (χ4n) is 2.53. The van der Waals surface area contributed by atoms with Gasteiger partial charge in [-0.15, -0.1) is 0 Å². The van der Waals surface area contributed by atoms with Crippen molar-refractivity contribution in [1.29, 1.82) is 0 Å². The van der Waals surface area contributed by atoms with Crippen molar-refractivity contribution in [1.82, 2.24) is 0 Å². The average molecular weight is 292 g/mol. The molecule has 0 aliphatic carbocycles. The van der Waals surface area contributed by atoms with E-state index in [1.807, 2.05) is 26.0 Å². The summed E-state index contributed by atoms with van der Waals surface area (Å²) in [6.45, 7) is 5.80. The van der Waals surface area contributed by atoms with Crippen LogP contribution in [0.5, 0.6) is 11.5 Å². The third-order valence-electron chi connectivity index (χ3n) is 3.58. The highest BCUT2D eigenvalue weighted by Gasteiger charge is 2.18. The molecule has 0 aromatic heterocycles. The quantitative estimate of drug-likeness (QED) is 0.686. The van der Waals surface area contributed by atoms with Crippen LogP contribution in [0.2, 0.25) is 0 Å². The molecule has 0 spiro atoms. The minimum Gasteiger partial charge on any atom is -0.490 e. The minimum atomic E-state index is 0.134. The van der Waals surface area contributed by atoms with Gasteiger partial charge < -0.3 is 14.2 Å². The Hall–Kier alpha value is -1.55. The van der Waals surface area contributed by atoms with Crippen molar-refractivity contribution in [2.75, 3.05) is 19.8 Å². The summed E-state index contributed by atoms with van der Waals surface area (Å²) in [5.74, 6) is 1.46. The first-order chi connectivity index (χ1) is 10.2. The third-order valence-corrected chi connectivity index (χ3v) is 3.58. The van der Waals surface area contributed by atoms with Gasteiger partial charge in [0.25, 0.3) is 0 Å². The van der Waals surface area contributed by atoms with Gasteiger partial charge in [-0.25, -0.2) is 0 Å². The Morgan fingerprint density at radius 2 is 2.00 bits per heavy atom. The van der Waals surface area contributed by atoms with Crippen molar-refractivity contribution in [2.24, 2.45) is 0 Å². The van der Waals surface area contributed by atoms with Gasteiger partial charge in [0.05, 0.1) is 19.3 Å². The summed E-state index contributed by atoms with van der Waals surface area (Å²) in [7, 11) is 0. The van der Waals surface area contributed by atoms with E-state index in [0.29, 0.717) is 36.7 Å². The summed E-state index contributed by atoms with van der Waals surface area (Å²) >= 11 is 0. The highest BCUT2D eigenvalue weighted by Crippen LogP contribution is 2.29. The topological polar surface area (TPSA) is 44.8 Å². The molecule has 1 aromatic rings. The molecule has 0 amide bonds. The number of Topliss-reactive ketones (excluding diaryl/α,β-unsaturated/α-hetero) is 1. The van der Waals surface area contributed by atoms with Crippen molar-refractivity contribution < 1.29 is 19.0 Å².